The minimum Gasteiger partial charge on any atom is -0.414 e. The van der Waals surface area contributed by atoms with Crippen molar-refractivity contribution in [1.29, 1.82) is 0 Å². The second-order valence-electron chi connectivity index (χ2n) is 31.7. The number of hydrogen-bond acceptors (Lipinski definition) is 13. The Bertz CT molecular complexity index is 2190. The minimum absolute atomic E-state index is 0.0177. The van der Waals surface area contributed by atoms with Crippen LogP contribution < -0.4 is 0 Å². The van der Waals surface area contributed by atoms with Gasteiger partial charge in [-0.1, -0.05) is 109 Å². The van der Waals surface area contributed by atoms with Gasteiger partial charge in [0.15, 0.2) is 39.1 Å². The normalized spacial score (nSPS) is 36.0. The van der Waals surface area contributed by atoms with Crippen LogP contribution in [0.25, 0.3) is 0 Å². The largest absolute Gasteiger partial charge is 0.414 e. The van der Waals surface area contributed by atoms with Crippen LogP contribution in [-0.2, 0) is 55.7 Å². The molecule has 17 heteroatoms. The molecule has 17 atom stereocenters. The number of aliphatic hydroxyl groups excluding tert-OH is 1. The molecule has 0 saturated carbocycles. The zero-order valence-electron chi connectivity index (χ0n) is 54.9. The highest BCUT2D eigenvalue weighted by atomic mass is 28.4. The molecule has 466 valence electrons. The lowest BCUT2D eigenvalue weighted by atomic mass is 9.81. The van der Waals surface area contributed by atoms with Crippen molar-refractivity contribution in [2.24, 2.45) is 11.8 Å². The summed E-state index contributed by atoms with van der Waals surface area (Å²) in [6.07, 6.45) is 3.07. The molecule has 0 spiro atoms. The van der Waals surface area contributed by atoms with Crippen molar-refractivity contribution < 1.29 is 60.8 Å². The molecule has 13 nitrogen and oxygen atoms in total. The number of rotatable bonds is 12. The molecule has 5 fully saturated rings. The smallest absolute Gasteiger partial charge is 0.193 e. The predicted molar refractivity (Wildman–Crippen MR) is 335 cm³/mol. The Hall–Kier alpha value is -1.01. The van der Waals surface area contributed by atoms with Crippen LogP contribution in [-0.4, -0.2) is 155 Å². The zero-order chi connectivity index (χ0) is 60.8. The Kier molecular flexibility index (Phi) is 22.5. The van der Waals surface area contributed by atoms with Crippen molar-refractivity contribution in [1.82, 2.24) is 0 Å². The summed E-state index contributed by atoms with van der Waals surface area (Å²) in [5, 5.41) is 12.5. The van der Waals surface area contributed by atoms with Crippen LogP contribution in [0, 0.1) is 11.8 Å². The third-order valence-corrected chi connectivity index (χ3v) is 39.3. The highest BCUT2D eigenvalue weighted by Gasteiger charge is 2.56. The molecule has 8 bridgehead atoms. The van der Waals surface area contributed by atoms with Gasteiger partial charge >= 0.3 is 0 Å². The van der Waals surface area contributed by atoms with E-state index in [-0.39, 0.29) is 99.1 Å². The fraction of sp³-hybridized carbons (Fsp3) is 0.875. The summed E-state index contributed by atoms with van der Waals surface area (Å²) in [6, 6.07) is 0. The second-order valence-corrected chi connectivity index (χ2v) is 50.8. The van der Waals surface area contributed by atoms with E-state index in [2.05, 4.69) is 156 Å². The van der Waals surface area contributed by atoms with E-state index in [4.69, 9.17) is 46.1 Å². The summed E-state index contributed by atoms with van der Waals surface area (Å²) < 4.78 is 70.4. The standard InChI is InChI=1S/C64H116O13Si4/c1-40-33-46-28-31-50-41(2)34-45(70-50)27-25-43(65)26-30-52(76-80(21,22)63(10,11)12)59-60(77-81(23,24)64(13,14)15)56(67)58-51(74-59)32-29-47(72-58)35-44(66)36-49-54(38-53(71-46)42(40)3)73-55(57(49)68-16)37-48(75-79(19,20)62(7,8)9)39-69-78(17,18)61(4,5)6/h26,30,40,45-60,67H,2-3,25,27-29,31-39H2,1,4-24H3/b30-26+/t40-,45?,46?,47-,48?,49?,50+,51+,52?,53?,54?,55-,56+,57-,58+,59+,60?/m1/s1. The van der Waals surface area contributed by atoms with Gasteiger partial charge in [-0.25, -0.2) is 0 Å². The Labute approximate surface area is 496 Å². The van der Waals surface area contributed by atoms with Gasteiger partial charge in [-0.15, -0.1) is 0 Å². The molecule has 8 rings (SSSR count). The van der Waals surface area contributed by atoms with Gasteiger partial charge in [0.2, 0.25) is 0 Å². The Morgan fingerprint density at radius 3 is 1.81 bits per heavy atom. The van der Waals surface area contributed by atoms with Crippen LogP contribution in [0.3, 0.4) is 0 Å². The van der Waals surface area contributed by atoms with Gasteiger partial charge in [-0.3, -0.25) is 9.59 Å². The van der Waals surface area contributed by atoms with E-state index >= 15 is 0 Å². The van der Waals surface area contributed by atoms with Gasteiger partial charge < -0.3 is 51.2 Å². The third-order valence-electron chi connectivity index (χ3n) is 21.3. The molecule has 81 heavy (non-hydrogen) atoms. The summed E-state index contributed by atoms with van der Waals surface area (Å²) in [6.45, 7) is 56.5. The quantitative estimate of drug-likeness (QED) is 0.146. The van der Waals surface area contributed by atoms with Gasteiger partial charge in [-0.05, 0) is 141 Å². The molecule has 8 aliphatic rings. The maximum atomic E-state index is 15.0. The highest BCUT2D eigenvalue weighted by molar-refractivity contribution is 6.75. The zero-order valence-corrected chi connectivity index (χ0v) is 58.9. The number of ether oxygens (including phenoxy) is 6. The summed E-state index contributed by atoms with van der Waals surface area (Å²) in [5.41, 5.74) is 2.10. The molecule has 8 unspecified atom stereocenters. The van der Waals surface area contributed by atoms with E-state index in [1.807, 2.05) is 6.08 Å². The average Bonchev–Trinajstić information content (AvgIpc) is 3.93. The number of methoxy groups -OCH3 is 1. The Balaban J connectivity index is 1.37. The van der Waals surface area contributed by atoms with Gasteiger partial charge in [0, 0.05) is 45.1 Å². The predicted octanol–water partition coefficient (Wildman–Crippen LogP) is 14.1. The van der Waals surface area contributed by atoms with Crippen molar-refractivity contribution in [3.63, 3.8) is 0 Å². The first kappa shape index (κ1) is 69.1. The number of allylic oxidation sites excluding steroid dienone is 1. The maximum Gasteiger partial charge on any atom is 0.193 e. The molecular weight excluding hydrogens is 1090 g/mol. The summed E-state index contributed by atoms with van der Waals surface area (Å²) in [7, 11) is -7.79. The molecule has 8 aliphatic heterocycles. The topological polar surface area (TPSA) is 147 Å². The van der Waals surface area contributed by atoms with Crippen LogP contribution in [0.4, 0.5) is 0 Å². The molecule has 0 aromatic carbocycles. The highest BCUT2D eigenvalue weighted by Crippen LogP contribution is 2.47. The SMILES string of the molecule is C=C1C2CC3O[C@H](CC(CO[Si](C)(C)C(C)(C)C)O[Si](C)(C)C(C)(C)C)[C@H](OC)C3CC(=O)C[C@H]3CC[C@@H]4O[C@@H](C(O[Si](C)(C)C(C)(C)C)/C=C/C(=O)CCC5CC(=C)[C@H](CCC(C[C@H]1C)O2)O5)C(O[Si](C)(C)C(C)(C)C)[C@@H](O)[C@H]4O3. The van der Waals surface area contributed by atoms with Crippen LogP contribution in [0.15, 0.2) is 36.5 Å². The fourth-order valence-corrected chi connectivity index (χ4v) is 16.8. The first-order valence-electron chi connectivity index (χ1n) is 31.3. The van der Waals surface area contributed by atoms with E-state index in [1.54, 1.807) is 13.2 Å². The van der Waals surface area contributed by atoms with Gasteiger partial charge in [0.05, 0.1) is 73.8 Å². The van der Waals surface area contributed by atoms with Gasteiger partial charge in [-0.2, -0.15) is 0 Å². The summed E-state index contributed by atoms with van der Waals surface area (Å²) in [5.74, 6) is -0.0473. The van der Waals surface area contributed by atoms with E-state index in [0.29, 0.717) is 51.6 Å². The van der Waals surface area contributed by atoms with Crippen molar-refractivity contribution in [3.05, 3.63) is 36.5 Å². The molecule has 0 radical (unpaired) electrons. The van der Waals surface area contributed by atoms with Crippen molar-refractivity contribution in [2.45, 2.75) is 331 Å². The number of hydrogen-bond donors (Lipinski definition) is 1. The molecule has 5 saturated heterocycles. The lowest BCUT2D eigenvalue weighted by Crippen LogP contribution is -2.67. The first-order chi connectivity index (χ1) is 37.0. The fourth-order valence-electron chi connectivity index (χ4n) is 11.8. The molecule has 8 heterocycles. The van der Waals surface area contributed by atoms with E-state index < -0.39 is 82.1 Å². The monoisotopic (exact) mass is 1200 g/mol. The molecule has 0 amide bonds. The molecule has 0 aliphatic carbocycles. The molecule has 0 aromatic rings. The number of carbonyl (C=O) groups excluding carboxylic acids is 2. The third kappa shape index (κ3) is 17.0. The van der Waals surface area contributed by atoms with Crippen molar-refractivity contribution in [2.75, 3.05) is 13.7 Å². The summed E-state index contributed by atoms with van der Waals surface area (Å²) >= 11 is 0. The van der Waals surface area contributed by atoms with Gasteiger partial charge in [0.25, 0.3) is 0 Å². The number of fused-ring (bicyclic) bond motifs is 2. The van der Waals surface area contributed by atoms with Crippen LogP contribution in [0.2, 0.25) is 72.5 Å². The first-order valence-corrected chi connectivity index (χ1v) is 42.9. The maximum absolute atomic E-state index is 15.0. The Morgan fingerprint density at radius 2 is 1.21 bits per heavy atom. The van der Waals surface area contributed by atoms with Crippen LogP contribution >= 0.6 is 0 Å². The van der Waals surface area contributed by atoms with Gasteiger partial charge in [0.1, 0.15) is 30.2 Å². The van der Waals surface area contributed by atoms with Crippen LogP contribution in [0.1, 0.15) is 167 Å². The van der Waals surface area contributed by atoms with E-state index in [9.17, 15) is 14.7 Å². The van der Waals surface area contributed by atoms with E-state index in [1.165, 1.54) is 0 Å². The molecule has 1 N–H and O–H groups in total. The molecule has 0 aromatic heterocycles. The lowest BCUT2D eigenvalue weighted by Gasteiger charge is -2.53. The Morgan fingerprint density at radius 1 is 0.630 bits per heavy atom. The molecular formula is C64H116O13Si4. The average molecular weight is 1210 g/mol. The van der Waals surface area contributed by atoms with E-state index in [0.717, 1.165) is 30.4 Å². The van der Waals surface area contributed by atoms with Crippen molar-refractivity contribution in [3.8, 4) is 0 Å². The second kappa shape index (κ2) is 26.4. The van der Waals surface area contributed by atoms with Crippen molar-refractivity contribution >= 4 is 44.8 Å². The number of carbonyl (C=O) groups is 2. The number of ketones is 2. The number of aliphatic hydroxyl groups is 1. The minimum atomic E-state index is -2.58. The number of Topliss-reactive ketones (excluding diaryl/α,β-unsaturated/α-hetero) is 1. The van der Waals surface area contributed by atoms with Crippen LogP contribution in [0.5, 0.6) is 0 Å². The lowest BCUT2D eigenvalue weighted by molar-refractivity contribution is -0.269. The summed E-state index contributed by atoms with van der Waals surface area (Å²) in [4.78, 5) is 28.9.